The fraction of sp³-hybridized carbons (Fsp3) is 0.273. The molecule has 0 unspecified atom stereocenters. The average Bonchev–Trinajstić information content (AvgIpc) is 2.71. The van der Waals surface area contributed by atoms with Gasteiger partial charge in [-0.25, -0.2) is 0 Å². The van der Waals surface area contributed by atoms with E-state index in [1.54, 1.807) is 12.1 Å². The van der Waals surface area contributed by atoms with E-state index in [0.29, 0.717) is 6.04 Å². The first-order valence-corrected chi connectivity index (χ1v) is 4.92. The van der Waals surface area contributed by atoms with Crippen molar-refractivity contribution in [2.45, 2.75) is 18.9 Å². The number of nitrogens with one attached hydrogen (secondary N) is 1. The van der Waals surface area contributed by atoms with Gasteiger partial charge in [0.15, 0.2) is 0 Å². The maximum Gasteiger partial charge on any atom is 0.269 e. The van der Waals surface area contributed by atoms with E-state index < -0.39 is 0 Å². The largest absolute Gasteiger partial charge is 0.382 e. The molecule has 0 spiro atoms. The van der Waals surface area contributed by atoms with Crippen molar-refractivity contribution in [1.29, 1.82) is 0 Å². The summed E-state index contributed by atoms with van der Waals surface area (Å²) in [5.74, 6) is 0. The fourth-order valence-corrected chi connectivity index (χ4v) is 1.65. The molecule has 1 aliphatic carbocycles. The van der Waals surface area contributed by atoms with Crippen molar-refractivity contribution in [2.75, 3.05) is 5.32 Å². The molecule has 1 aromatic rings. The van der Waals surface area contributed by atoms with Crippen LogP contribution in [0.15, 0.2) is 36.4 Å². The van der Waals surface area contributed by atoms with Crippen molar-refractivity contribution >= 4 is 11.4 Å². The van der Waals surface area contributed by atoms with Crippen molar-refractivity contribution < 1.29 is 4.92 Å². The highest BCUT2D eigenvalue weighted by Crippen LogP contribution is 2.19. The monoisotopic (exact) mass is 204 g/mol. The molecule has 78 valence electrons. The molecule has 0 fully saturated rings. The summed E-state index contributed by atoms with van der Waals surface area (Å²) in [7, 11) is 0. The average molecular weight is 204 g/mol. The van der Waals surface area contributed by atoms with Gasteiger partial charge < -0.3 is 5.32 Å². The van der Waals surface area contributed by atoms with Gasteiger partial charge in [0.25, 0.3) is 5.69 Å². The third-order valence-corrected chi connectivity index (χ3v) is 2.46. The Morgan fingerprint density at radius 1 is 1.20 bits per heavy atom. The van der Waals surface area contributed by atoms with E-state index in [-0.39, 0.29) is 10.6 Å². The van der Waals surface area contributed by atoms with Crippen LogP contribution < -0.4 is 5.32 Å². The number of nitro benzene ring substituents is 1. The molecule has 0 aliphatic heterocycles. The molecule has 4 nitrogen and oxygen atoms in total. The summed E-state index contributed by atoms with van der Waals surface area (Å²) in [5.41, 5.74) is 1.07. The number of hydrogen-bond donors (Lipinski definition) is 1. The van der Waals surface area contributed by atoms with Gasteiger partial charge in [-0.2, -0.15) is 0 Å². The molecule has 1 aliphatic rings. The molecule has 1 aromatic carbocycles. The number of rotatable bonds is 3. The molecule has 0 saturated carbocycles. The predicted molar refractivity (Wildman–Crippen MR) is 58.9 cm³/mol. The van der Waals surface area contributed by atoms with E-state index >= 15 is 0 Å². The quantitative estimate of drug-likeness (QED) is 0.468. The lowest BCUT2D eigenvalue weighted by Crippen LogP contribution is -2.14. The summed E-state index contributed by atoms with van der Waals surface area (Å²) in [6, 6.07) is 6.97. The number of nitro groups is 1. The second-order valence-corrected chi connectivity index (χ2v) is 3.59. The lowest BCUT2D eigenvalue weighted by Gasteiger charge is -2.12. The van der Waals surface area contributed by atoms with E-state index in [4.69, 9.17) is 0 Å². The highest BCUT2D eigenvalue weighted by molar-refractivity contribution is 5.49. The molecule has 0 heterocycles. The zero-order valence-corrected chi connectivity index (χ0v) is 8.22. The number of hydrogen-bond acceptors (Lipinski definition) is 3. The van der Waals surface area contributed by atoms with Crippen molar-refractivity contribution in [2.24, 2.45) is 0 Å². The second kappa shape index (κ2) is 4.13. The summed E-state index contributed by atoms with van der Waals surface area (Å²) in [6.45, 7) is 0. The Balaban J connectivity index is 2.00. The van der Waals surface area contributed by atoms with Gasteiger partial charge in [0.05, 0.1) is 4.92 Å². The van der Waals surface area contributed by atoms with Crippen molar-refractivity contribution in [3.8, 4) is 0 Å². The Morgan fingerprint density at radius 2 is 1.80 bits per heavy atom. The van der Waals surface area contributed by atoms with Gasteiger partial charge in [-0.3, -0.25) is 10.1 Å². The molecule has 0 saturated heterocycles. The van der Waals surface area contributed by atoms with Gasteiger partial charge in [0.2, 0.25) is 0 Å². The van der Waals surface area contributed by atoms with E-state index in [9.17, 15) is 10.1 Å². The smallest absolute Gasteiger partial charge is 0.269 e. The Bertz CT molecular complexity index is 376. The van der Waals surface area contributed by atoms with Crippen LogP contribution in [0.2, 0.25) is 0 Å². The zero-order chi connectivity index (χ0) is 10.7. The molecular formula is C11H12N2O2. The minimum Gasteiger partial charge on any atom is -0.382 e. The third kappa shape index (κ3) is 2.34. The summed E-state index contributed by atoms with van der Waals surface area (Å²) in [6.07, 6.45) is 6.33. The van der Waals surface area contributed by atoms with Crippen LogP contribution in [-0.4, -0.2) is 11.0 Å². The normalized spacial score (nSPS) is 15.5. The first kappa shape index (κ1) is 9.71. The van der Waals surface area contributed by atoms with Crippen molar-refractivity contribution in [3.05, 3.63) is 46.5 Å². The van der Waals surface area contributed by atoms with Crippen LogP contribution in [0.4, 0.5) is 11.4 Å². The molecule has 0 radical (unpaired) electrons. The number of anilines is 1. The highest BCUT2D eigenvalue weighted by atomic mass is 16.6. The first-order chi connectivity index (χ1) is 7.25. The Hall–Kier alpha value is -1.84. The van der Waals surface area contributed by atoms with Crippen molar-refractivity contribution in [3.63, 3.8) is 0 Å². The summed E-state index contributed by atoms with van der Waals surface area (Å²) >= 11 is 0. The van der Waals surface area contributed by atoms with E-state index in [1.807, 2.05) is 0 Å². The maximum atomic E-state index is 10.4. The molecule has 1 N–H and O–H groups in total. The second-order valence-electron chi connectivity index (χ2n) is 3.59. The highest BCUT2D eigenvalue weighted by Gasteiger charge is 2.10. The molecule has 0 bridgehead atoms. The van der Waals surface area contributed by atoms with Crippen LogP contribution in [0, 0.1) is 10.1 Å². The van der Waals surface area contributed by atoms with E-state index in [0.717, 1.165) is 18.5 Å². The van der Waals surface area contributed by atoms with Crippen LogP contribution in [0.3, 0.4) is 0 Å². The van der Waals surface area contributed by atoms with Crippen LogP contribution in [-0.2, 0) is 0 Å². The Morgan fingerprint density at radius 3 is 2.33 bits per heavy atom. The van der Waals surface area contributed by atoms with Gasteiger partial charge in [0, 0.05) is 23.9 Å². The summed E-state index contributed by atoms with van der Waals surface area (Å²) in [5, 5.41) is 13.8. The standard InChI is InChI=1S/C11H12N2O2/c14-13(15)11-7-5-10(6-8-11)12-9-3-1-2-4-9/h1-2,5-9,12H,3-4H2. The Labute approximate surface area is 87.8 Å². The van der Waals surface area contributed by atoms with Crippen LogP contribution in [0.25, 0.3) is 0 Å². The Kier molecular flexibility index (Phi) is 2.67. The zero-order valence-electron chi connectivity index (χ0n) is 8.22. The van der Waals surface area contributed by atoms with Gasteiger partial charge in [0.1, 0.15) is 0 Å². The SMILES string of the molecule is O=[N+]([O-])c1ccc(NC2CC=CC2)cc1. The van der Waals surface area contributed by atoms with Gasteiger partial charge in [-0.05, 0) is 25.0 Å². The predicted octanol–water partition coefficient (Wildman–Crippen LogP) is 2.73. The van der Waals surface area contributed by atoms with Crippen LogP contribution >= 0.6 is 0 Å². The number of non-ortho nitro benzene ring substituents is 1. The molecule has 15 heavy (non-hydrogen) atoms. The first-order valence-electron chi connectivity index (χ1n) is 4.92. The molecule has 2 rings (SSSR count). The van der Waals surface area contributed by atoms with Gasteiger partial charge in [-0.15, -0.1) is 0 Å². The molecule has 4 heteroatoms. The van der Waals surface area contributed by atoms with E-state index in [2.05, 4.69) is 17.5 Å². The molecule has 0 atom stereocenters. The number of benzene rings is 1. The molecule has 0 amide bonds. The van der Waals surface area contributed by atoms with Gasteiger partial charge >= 0.3 is 0 Å². The third-order valence-electron chi connectivity index (χ3n) is 2.46. The van der Waals surface area contributed by atoms with Crippen LogP contribution in [0.5, 0.6) is 0 Å². The minimum absolute atomic E-state index is 0.130. The maximum absolute atomic E-state index is 10.4. The van der Waals surface area contributed by atoms with Gasteiger partial charge in [-0.1, -0.05) is 12.2 Å². The van der Waals surface area contributed by atoms with Crippen molar-refractivity contribution in [1.82, 2.24) is 0 Å². The lowest BCUT2D eigenvalue weighted by atomic mass is 10.2. The van der Waals surface area contributed by atoms with E-state index in [1.165, 1.54) is 12.1 Å². The summed E-state index contributed by atoms with van der Waals surface area (Å²) < 4.78 is 0. The summed E-state index contributed by atoms with van der Waals surface area (Å²) in [4.78, 5) is 10.0. The molecule has 0 aromatic heterocycles. The topological polar surface area (TPSA) is 55.2 Å². The lowest BCUT2D eigenvalue weighted by molar-refractivity contribution is -0.384. The van der Waals surface area contributed by atoms with Crippen LogP contribution in [0.1, 0.15) is 12.8 Å². The number of nitrogens with zero attached hydrogens (tertiary/aromatic N) is 1. The fourth-order valence-electron chi connectivity index (χ4n) is 1.65. The minimum atomic E-state index is -0.388. The molecular weight excluding hydrogens is 192 g/mol.